The molecule has 0 radical (unpaired) electrons. The maximum Gasteiger partial charge on any atom is 0.320 e. The van der Waals surface area contributed by atoms with Gasteiger partial charge in [-0.2, -0.15) is 0 Å². The lowest BCUT2D eigenvalue weighted by atomic mass is 10.1. The summed E-state index contributed by atoms with van der Waals surface area (Å²) in [6.07, 6.45) is 9.62. The molecule has 3 aromatic carbocycles. The maximum atomic E-state index is 10.6. The number of carboxylic acid groups (broad SMARTS) is 5. The summed E-state index contributed by atoms with van der Waals surface area (Å²) >= 11 is 0. The molecule has 67 heavy (non-hydrogen) atoms. The van der Waals surface area contributed by atoms with E-state index in [0.717, 1.165) is 62.2 Å². The Kier molecular flexibility index (Phi) is 24.4. The average Bonchev–Trinajstić information content (AvgIpc) is 4.03. The lowest BCUT2D eigenvalue weighted by Gasteiger charge is -2.06. The van der Waals surface area contributed by atoms with Crippen molar-refractivity contribution in [3.63, 3.8) is 0 Å². The van der Waals surface area contributed by atoms with Gasteiger partial charge in [0.25, 0.3) is 0 Å². The number of hydrogen-bond donors (Lipinski definition) is 17. The molecule has 3 aromatic heterocycles. The Balaban J connectivity index is 0.000000290. The highest BCUT2D eigenvalue weighted by Crippen LogP contribution is 2.21. The van der Waals surface area contributed by atoms with Crippen molar-refractivity contribution in [2.75, 3.05) is 13.1 Å². The number of unbranched alkanes of at least 4 members (excludes halogenated alkanes) is 1. The van der Waals surface area contributed by atoms with Gasteiger partial charge in [0.15, 0.2) is 5.96 Å². The van der Waals surface area contributed by atoms with Crippen LogP contribution in [0.1, 0.15) is 48.8 Å². The number of H-pyrrole nitrogens is 3. The molecular weight excluding hydrogens is 869 g/mol. The van der Waals surface area contributed by atoms with E-state index in [1.807, 2.05) is 91.4 Å². The quantitative estimate of drug-likeness (QED) is 0.0311. The highest BCUT2D eigenvalue weighted by Gasteiger charge is 2.17. The van der Waals surface area contributed by atoms with E-state index in [4.69, 9.17) is 71.1 Å². The van der Waals surface area contributed by atoms with E-state index in [1.165, 1.54) is 0 Å². The van der Waals surface area contributed by atoms with Crippen LogP contribution in [0.4, 0.5) is 0 Å². The summed E-state index contributed by atoms with van der Waals surface area (Å²) in [6, 6.07) is 19.2. The van der Waals surface area contributed by atoms with Gasteiger partial charge in [-0.15, -0.1) is 0 Å². The Hall–Kier alpha value is -7.34. The monoisotopic (exact) mass is 932 g/mol. The lowest BCUT2D eigenvalue weighted by molar-refractivity contribution is -0.139. The number of aromatic nitrogens is 3. The second kappa shape index (κ2) is 29.2. The number of para-hydroxylation sites is 3. The number of nitrogens with two attached hydrogens (primary N) is 7. The zero-order valence-electron chi connectivity index (χ0n) is 36.9. The highest BCUT2D eigenvalue weighted by atomic mass is 16.4. The second-order valence-corrected chi connectivity index (χ2v) is 15.2. The standard InChI is InChI=1S/3C11H12N2O2.C6H14N4O2.C6H14N2O2/c3*12-9(11(14)15)5-7-6-13-10-4-2-1-3-8(7)10;7-4(5(11)12)2-1-3-10-6(8)9;7-4-2-1-3-5(8)6(9)10/h3*1-4,6,9,13H,5,12H2,(H,14,15);4H,1-3,7H2,(H,11,12)(H4,8,9,10);5H,1-4,7-8H2,(H,9,10). The Labute approximate surface area is 385 Å². The third-order valence-electron chi connectivity index (χ3n) is 9.91. The minimum Gasteiger partial charge on any atom is -0.480 e. The number of rotatable bonds is 19. The molecule has 22 nitrogen and oxygen atoms in total. The van der Waals surface area contributed by atoms with Crippen molar-refractivity contribution in [2.45, 2.75) is 81.6 Å². The molecule has 24 N–H and O–H groups in total. The zero-order valence-corrected chi connectivity index (χ0v) is 36.9. The topological polar surface area (TPSA) is 452 Å². The summed E-state index contributed by atoms with van der Waals surface area (Å²) in [4.78, 5) is 61.5. The minimum atomic E-state index is -1.00. The molecule has 0 fully saturated rings. The van der Waals surface area contributed by atoms with E-state index in [2.05, 4.69) is 20.3 Å². The van der Waals surface area contributed by atoms with Crippen LogP contribution in [0.15, 0.2) is 91.4 Å². The molecule has 6 rings (SSSR count). The predicted octanol–water partition coefficient (Wildman–Crippen LogP) is 1.56. The maximum absolute atomic E-state index is 10.6. The molecule has 22 heteroatoms. The molecule has 0 spiro atoms. The van der Waals surface area contributed by atoms with Gasteiger partial charge in [0.05, 0.1) is 0 Å². The predicted molar refractivity (Wildman–Crippen MR) is 256 cm³/mol. The average molecular weight is 933 g/mol. The number of carboxylic acids is 5. The van der Waals surface area contributed by atoms with E-state index < -0.39 is 60.1 Å². The summed E-state index contributed by atoms with van der Waals surface area (Å²) in [5.41, 5.74) is 42.9. The number of fused-ring (bicyclic) bond motifs is 3. The van der Waals surface area contributed by atoms with Gasteiger partial charge in [0, 0.05) is 77.1 Å². The molecule has 0 saturated heterocycles. The summed E-state index contributed by atoms with van der Waals surface area (Å²) in [6.45, 7) is 1.09. The third-order valence-corrected chi connectivity index (χ3v) is 9.91. The van der Waals surface area contributed by atoms with E-state index in [1.54, 1.807) is 0 Å². The van der Waals surface area contributed by atoms with Crippen molar-refractivity contribution in [2.24, 2.45) is 40.1 Å². The summed E-state index contributed by atoms with van der Waals surface area (Å²) in [5, 5.41) is 55.3. The fourth-order valence-corrected chi connectivity index (χ4v) is 6.17. The van der Waals surface area contributed by atoms with E-state index in [9.17, 15) is 24.0 Å². The van der Waals surface area contributed by atoms with Gasteiger partial charge in [-0.1, -0.05) is 61.0 Å². The van der Waals surface area contributed by atoms with Crippen LogP contribution in [0.25, 0.3) is 32.7 Å². The first kappa shape index (κ1) is 55.8. The van der Waals surface area contributed by atoms with Gasteiger partial charge in [0.2, 0.25) is 0 Å². The van der Waals surface area contributed by atoms with E-state index >= 15 is 0 Å². The zero-order chi connectivity index (χ0) is 50.1. The molecule has 5 atom stereocenters. The first-order chi connectivity index (χ1) is 31.8. The van der Waals surface area contributed by atoms with Crippen LogP contribution in [-0.4, -0.2) is 120 Å². The Morgan fingerprint density at radius 1 is 0.493 bits per heavy atom. The van der Waals surface area contributed by atoms with Crippen molar-refractivity contribution in [3.8, 4) is 0 Å². The Morgan fingerprint density at radius 2 is 0.791 bits per heavy atom. The van der Waals surface area contributed by atoms with Crippen molar-refractivity contribution in [3.05, 3.63) is 108 Å². The van der Waals surface area contributed by atoms with Gasteiger partial charge < -0.3 is 85.9 Å². The number of aliphatic carboxylic acids is 5. The molecule has 0 amide bonds. The number of carbonyl (C=O) groups is 5. The molecule has 0 aliphatic heterocycles. The SMILES string of the molecule is N=C(N)NCCCC(N)C(=O)O.NC(Cc1c[nH]c2ccccc12)C(=O)O.NC(Cc1c[nH]c2ccccc12)C(=O)O.NC(Cc1c[nH]c2ccccc12)C(=O)O.NCCCCC(N)C(=O)O. The van der Waals surface area contributed by atoms with Gasteiger partial charge in [-0.05, 0) is 67.1 Å². The minimum absolute atomic E-state index is 0.112. The summed E-state index contributed by atoms with van der Waals surface area (Å²) < 4.78 is 0. The highest BCUT2D eigenvalue weighted by molar-refractivity contribution is 5.86. The van der Waals surface area contributed by atoms with Crippen LogP contribution in [0.5, 0.6) is 0 Å². The molecule has 5 unspecified atom stereocenters. The number of hydrogen-bond acceptors (Lipinski definition) is 12. The number of benzene rings is 3. The van der Waals surface area contributed by atoms with Gasteiger partial charge >= 0.3 is 29.8 Å². The molecule has 0 aliphatic carbocycles. The van der Waals surface area contributed by atoms with Crippen LogP contribution >= 0.6 is 0 Å². The number of guanidine groups is 1. The molecule has 0 aliphatic rings. The first-order valence-corrected chi connectivity index (χ1v) is 21.1. The van der Waals surface area contributed by atoms with Crippen molar-refractivity contribution < 1.29 is 49.5 Å². The molecule has 0 bridgehead atoms. The van der Waals surface area contributed by atoms with Crippen molar-refractivity contribution in [1.82, 2.24) is 20.3 Å². The summed E-state index contributed by atoms with van der Waals surface area (Å²) in [5.74, 6) is -4.96. The van der Waals surface area contributed by atoms with Crippen LogP contribution in [0.3, 0.4) is 0 Å². The van der Waals surface area contributed by atoms with E-state index in [-0.39, 0.29) is 5.96 Å². The smallest absolute Gasteiger partial charge is 0.320 e. The molecule has 0 saturated carbocycles. The van der Waals surface area contributed by atoms with E-state index in [0.29, 0.717) is 51.6 Å². The molecule has 6 aromatic rings. The first-order valence-electron chi connectivity index (χ1n) is 21.1. The normalized spacial score (nSPS) is 12.7. The largest absolute Gasteiger partial charge is 0.480 e. The van der Waals surface area contributed by atoms with Crippen LogP contribution in [0.2, 0.25) is 0 Å². The van der Waals surface area contributed by atoms with Gasteiger partial charge in [-0.25, -0.2) is 0 Å². The van der Waals surface area contributed by atoms with Gasteiger partial charge in [-0.3, -0.25) is 29.4 Å². The van der Waals surface area contributed by atoms with Crippen molar-refractivity contribution in [1.29, 1.82) is 5.41 Å². The fraction of sp³-hybridized carbons (Fsp3) is 0.333. The number of aromatic amines is 3. The number of nitrogens with one attached hydrogen (secondary N) is 5. The Morgan fingerprint density at radius 3 is 1.07 bits per heavy atom. The lowest BCUT2D eigenvalue weighted by Crippen LogP contribution is -2.34. The van der Waals surface area contributed by atoms with Crippen LogP contribution in [-0.2, 0) is 43.2 Å². The van der Waals surface area contributed by atoms with Crippen LogP contribution < -0.4 is 45.5 Å². The second-order valence-electron chi connectivity index (χ2n) is 15.2. The summed E-state index contributed by atoms with van der Waals surface area (Å²) in [7, 11) is 0. The molecule has 364 valence electrons. The fourth-order valence-electron chi connectivity index (χ4n) is 6.17. The molecule has 3 heterocycles. The molecular formula is C45H64N12O10. The van der Waals surface area contributed by atoms with Crippen LogP contribution in [0, 0.1) is 5.41 Å². The Bertz CT molecular complexity index is 2270. The third kappa shape index (κ3) is 20.2. The van der Waals surface area contributed by atoms with Crippen molar-refractivity contribution >= 4 is 68.5 Å². The van der Waals surface area contributed by atoms with Gasteiger partial charge in [0.1, 0.15) is 30.2 Å².